The van der Waals surface area contributed by atoms with E-state index in [2.05, 4.69) is 18.3 Å². The lowest BCUT2D eigenvalue weighted by Gasteiger charge is -2.23. The van der Waals surface area contributed by atoms with Crippen LogP contribution in [0.25, 0.3) is 0 Å². The molecule has 1 saturated heterocycles. The van der Waals surface area contributed by atoms with Gasteiger partial charge < -0.3 is 10.2 Å². The number of para-hydroxylation sites is 1. The predicted octanol–water partition coefficient (Wildman–Crippen LogP) is 3.80. The van der Waals surface area contributed by atoms with E-state index in [-0.39, 0.29) is 12.5 Å². The molecule has 4 rings (SSSR count). The Balaban J connectivity index is 1.42. The van der Waals surface area contributed by atoms with E-state index < -0.39 is 10.0 Å². The Hall–Kier alpha value is -2.03. The number of carbonyl (C=O) groups excluding carboxylic acids is 1. The highest BCUT2D eigenvalue weighted by Crippen LogP contribution is 2.37. The van der Waals surface area contributed by atoms with E-state index in [0.29, 0.717) is 29.8 Å². The Labute approximate surface area is 182 Å². The fraction of sp³-hybridized carbons (Fsp3) is 0.409. The van der Waals surface area contributed by atoms with Crippen molar-refractivity contribution in [3.63, 3.8) is 0 Å². The summed E-state index contributed by atoms with van der Waals surface area (Å²) in [6.07, 6.45) is 2.77. The van der Waals surface area contributed by atoms with Gasteiger partial charge in [-0.2, -0.15) is 4.31 Å². The van der Waals surface area contributed by atoms with E-state index >= 15 is 0 Å². The molecule has 2 aromatic carbocycles. The molecule has 2 aromatic rings. The van der Waals surface area contributed by atoms with Crippen molar-refractivity contribution in [2.75, 3.05) is 36.4 Å². The van der Waals surface area contributed by atoms with Gasteiger partial charge in [-0.25, -0.2) is 8.42 Å². The first-order chi connectivity index (χ1) is 14.4. The molecule has 0 aromatic heterocycles. The second-order valence-electron chi connectivity index (χ2n) is 7.72. The maximum atomic E-state index is 12.9. The van der Waals surface area contributed by atoms with E-state index in [1.807, 2.05) is 34.9 Å². The zero-order chi connectivity index (χ0) is 21.1. The van der Waals surface area contributed by atoms with Gasteiger partial charge in [0.25, 0.3) is 0 Å². The smallest absolute Gasteiger partial charge is 0.246 e. The Kier molecular flexibility index (Phi) is 6.36. The lowest BCUT2D eigenvalue weighted by atomic mass is 10.2. The monoisotopic (exact) mass is 445 g/mol. The summed E-state index contributed by atoms with van der Waals surface area (Å²) in [5, 5.41) is 3.61. The van der Waals surface area contributed by atoms with E-state index in [1.54, 1.807) is 24.3 Å². The van der Waals surface area contributed by atoms with Crippen molar-refractivity contribution in [2.24, 2.45) is 0 Å². The Morgan fingerprint density at radius 3 is 2.50 bits per heavy atom. The Morgan fingerprint density at radius 1 is 1.07 bits per heavy atom. The maximum Gasteiger partial charge on any atom is 0.246 e. The zero-order valence-corrected chi connectivity index (χ0v) is 18.7. The molecule has 1 fully saturated rings. The lowest BCUT2D eigenvalue weighted by Crippen LogP contribution is -2.36. The fourth-order valence-corrected chi connectivity index (χ4v) is 6.47. The van der Waals surface area contributed by atoms with Crippen LogP contribution < -0.4 is 10.2 Å². The molecule has 1 amide bonds. The number of rotatable bonds is 5. The minimum absolute atomic E-state index is 0.00548. The van der Waals surface area contributed by atoms with E-state index in [1.165, 1.54) is 4.31 Å². The van der Waals surface area contributed by atoms with Crippen molar-refractivity contribution in [3.8, 4) is 0 Å². The van der Waals surface area contributed by atoms with Crippen molar-refractivity contribution in [1.82, 2.24) is 4.31 Å². The Bertz CT molecular complexity index is 1000. The first kappa shape index (κ1) is 21.2. The molecule has 1 N–H and O–H groups in total. The van der Waals surface area contributed by atoms with Crippen LogP contribution in [-0.4, -0.2) is 50.1 Å². The summed E-state index contributed by atoms with van der Waals surface area (Å²) in [6.45, 7) is 4.21. The highest BCUT2D eigenvalue weighted by molar-refractivity contribution is 8.00. The van der Waals surface area contributed by atoms with Crippen LogP contribution in [0.3, 0.4) is 0 Å². The lowest BCUT2D eigenvalue weighted by molar-refractivity contribution is -0.117. The number of nitrogens with zero attached hydrogens (tertiary/aromatic N) is 2. The maximum absolute atomic E-state index is 12.9. The van der Waals surface area contributed by atoms with Gasteiger partial charge in [0.2, 0.25) is 15.9 Å². The van der Waals surface area contributed by atoms with Gasteiger partial charge in [-0.1, -0.05) is 19.1 Å². The quantitative estimate of drug-likeness (QED) is 0.758. The molecule has 0 aliphatic carbocycles. The number of hydrogen-bond acceptors (Lipinski definition) is 5. The topological polar surface area (TPSA) is 69.7 Å². The van der Waals surface area contributed by atoms with Crippen molar-refractivity contribution < 1.29 is 13.2 Å². The highest BCUT2D eigenvalue weighted by Gasteiger charge is 2.27. The molecular weight excluding hydrogens is 418 g/mol. The van der Waals surface area contributed by atoms with Crippen LogP contribution >= 0.6 is 11.8 Å². The summed E-state index contributed by atoms with van der Waals surface area (Å²) in [5.74, 6) is 0.00548. The summed E-state index contributed by atoms with van der Waals surface area (Å²) < 4.78 is 26.8. The van der Waals surface area contributed by atoms with Gasteiger partial charge >= 0.3 is 0 Å². The van der Waals surface area contributed by atoms with Crippen LogP contribution in [0.2, 0.25) is 0 Å². The molecule has 0 bridgehead atoms. The fourth-order valence-electron chi connectivity index (χ4n) is 3.84. The molecule has 160 valence electrons. The third kappa shape index (κ3) is 4.50. The van der Waals surface area contributed by atoms with Crippen molar-refractivity contribution in [2.45, 2.75) is 41.2 Å². The normalized spacial score (nSPS) is 19.9. The highest BCUT2D eigenvalue weighted by atomic mass is 32.2. The average molecular weight is 446 g/mol. The van der Waals surface area contributed by atoms with Crippen molar-refractivity contribution >= 4 is 39.1 Å². The summed E-state index contributed by atoms with van der Waals surface area (Å²) in [7, 11) is -3.42. The van der Waals surface area contributed by atoms with Gasteiger partial charge in [0.05, 0.1) is 17.1 Å². The van der Waals surface area contributed by atoms with Crippen LogP contribution in [0.15, 0.2) is 58.3 Å². The predicted molar refractivity (Wildman–Crippen MR) is 122 cm³/mol. The van der Waals surface area contributed by atoms with Gasteiger partial charge in [0.15, 0.2) is 0 Å². The number of fused-ring (bicyclic) bond motifs is 1. The number of carbonyl (C=O) groups is 1. The number of benzene rings is 2. The molecule has 30 heavy (non-hydrogen) atoms. The molecule has 2 heterocycles. The van der Waals surface area contributed by atoms with Gasteiger partial charge in [0, 0.05) is 35.5 Å². The second-order valence-corrected chi connectivity index (χ2v) is 11.1. The standard InChI is InChI=1S/C22H27N3O3S2/c1-17-12-15-25(20-6-2-3-7-21(20)29-17)22(26)16-23-18-8-10-19(11-9-18)30(27,28)24-13-4-5-14-24/h2-3,6-11,17,23H,4-5,12-16H2,1H3/t17-/m1/s1. The first-order valence-corrected chi connectivity index (χ1v) is 12.7. The van der Waals surface area contributed by atoms with Gasteiger partial charge in [0.1, 0.15) is 0 Å². The molecule has 0 radical (unpaired) electrons. The first-order valence-electron chi connectivity index (χ1n) is 10.4. The molecule has 2 aliphatic heterocycles. The van der Waals surface area contributed by atoms with Gasteiger partial charge in [-0.15, -0.1) is 11.8 Å². The number of hydrogen-bond donors (Lipinski definition) is 1. The number of anilines is 2. The van der Waals surface area contributed by atoms with E-state index in [0.717, 1.165) is 35.5 Å². The molecule has 0 saturated carbocycles. The van der Waals surface area contributed by atoms with Crippen LogP contribution in [0.4, 0.5) is 11.4 Å². The number of sulfonamides is 1. The van der Waals surface area contributed by atoms with Crippen LogP contribution in [0.1, 0.15) is 26.2 Å². The van der Waals surface area contributed by atoms with Crippen LogP contribution in [0, 0.1) is 0 Å². The van der Waals surface area contributed by atoms with Crippen LogP contribution in [0.5, 0.6) is 0 Å². The molecule has 0 unspecified atom stereocenters. The number of nitrogens with one attached hydrogen (secondary N) is 1. The molecule has 2 aliphatic rings. The van der Waals surface area contributed by atoms with Crippen molar-refractivity contribution in [3.05, 3.63) is 48.5 Å². The molecule has 0 spiro atoms. The zero-order valence-electron chi connectivity index (χ0n) is 17.1. The van der Waals surface area contributed by atoms with E-state index in [4.69, 9.17) is 0 Å². The molecule has 1 atom stereocenters. The summed E-state index contributed by atoms with van der Waals surface area (Å²) >= 11 is 1.81. The number of thioether (sulfide) groups is 1. The van der Waals surface area contributed by atoms with Crippen LogP contribution in [-0.2, 0) is 14.8 Å². The Morgan fingerprint density at radius 2 is 1.77 bits per heavy atom. The van der Waals surface area contributed by atoms with E-state index in [9.17, 15) is 13.2 Å². The number of amides is 1. The third-order valence-corrected chi connectivity index (χ3v) is 8.70. The second kappa shape index (κ2) is 8.99. The molecular formula is C22H27N3O3S2. The SMILES string of the molecule is C[C@@H]1CCN(C(=O)CNc2ccc(S(=O)(=O)N3CCCC3)cc2)c2ccccc2S1. The van der Waals surface area contributed by atoms with Gasteiger partial charge in [-0.3, -0.25) is 4.79 Å². The largest absolute Gasteiger partial charge is 0.376 e. The van der Waals surface area contributed by atoms with Gasteiger partial charge in [-0.05, 0) is 55.7 Å². The summed E-state index contributed by atoms with van der Waals surface area (Å²) in [6, 6.07) is 14.7. The molecule has 8 heteroatoms. The summed E-state index contributed by atoms with van der Waals surface area (Å²) in [4.78, 5) is 16.2. The molecule has 6 nitrogen and oxygen atoms in total. The minimum atomic E-state index is -3.42. The van der Waals surface area contributed by atoms with Crippen molar-refractivity contribution in [1.29, 1.82) is 0 Å². The third-order valence-electron chi connectivity index (χ3n) is 5.55. The summed E-state index contributed by atoms with van der Waals surface area (Å²) in [5.41, 5.74) is 1.69. The average Bonchev–Trinajstić information content (AvgIpc) is 3.24. The minimum Gasteiger partial charge on any atom is -0.376 e.